The topological polar surface area (TPSA) is 46.5 Å². The molecule has 1 N–H and O–H groups in total. The first kappa shape index (κ1) is 8.26. The van der Waals surface area contributed by atoms with E-state index < -0.39 is 12.0 Å². The Morgan fingerprint density at radius 3 is 3.23 bits per heavy atom. The molecule has 0 aromatic heterocycles. The van der Waals surface area contributed by atoms with Gasteiger partial charge in [0, 0.05) is 0 Å². The Morgan fingerprint density at radius 2 is 2.77 bits per heavy atom. The van der Waals surface area contributed by atoms with Crippen LogP contribution in [-0.2, 0) is 9.53 Å². The Balaban J connectivity index is 2.62. The van der Waals surface area contributed by atoms with Gasteiger partial charge in [-0.2, -0.15) is 0 Å². The van der Waals surface area contributed by atoms with Gasteiger partial charge in [0.1, 0.15) is 0 Å². The molecule has 70 valence electrons. The molecule has 0 aromatic rings. The Kier molecular flexibility index (Phi) is 2.94. The smallest absolute Gasteiger partial charge is 0.335 e. The van der Waals surface area contributed by atoms with E-state index in [4.69, 9.17) is 11.2 Å². The lowest BCUT2D eigenvalue weighted by Crippen LogP contribution is -2.13. The summed E-state index contributed by atoms with van der Waals surface area (Å²) in [5, 5.41) is 8.65. The van der Waals surface area contributed by atoms with Crippen molar-refractivity contribution in [1.82, 2.24) is 0 Å². The number of carbonyl (C=O) groups is 1. The van der Waals surface area contributed by atoms with Crippen LogP contribution >= 0.6 is 0 Å². The second kappa shape index (κ2) is 4.62. The van der Waals surface area contributed by atoms with Gasteiger partial charge in [-0.15, -0.1) is 6.58 Å². The summed E-state index contributed by atoms with van der Waals surface area (Å²) in [7, 11) is 0. The monoisotopic (exact) mass is 181 g/mol. The van der Waals surface area contributed by atoms with Crippen LogP contribution in [0.3, 0.4) is 0 Å². The average Bonchev–Trinajstić information content (AvgIpc) is 2.16. The Hall–Kier alpha value is -1.35. The van der Waals surface area contributed by atoms with E-state index in [-0.39, 0.29) is 18.6 Å². The molecule has 0 bridgehead atoms. The summed E-state index contributed by atoms with van der Waals surface area (Å²) in [5.74, 6) is -0.980. The van der Waals surface area contributed by atoms with Crippen LogP contribution in [0.2, 0.25) is 0 Å². The van der Waals surface area contributed by atoms with Crippen LogP contribution in [0.15, 0.2) is 36.5 Å². The van der Waals surface area contributed by atoms with Gasteiger partial charge in [-0.25, -0.2) is 4.79 Å². The Labute approximate surface area is 78.4 Å². The third kappa shape index (κ3) is 2.87. The van der Waals surface area contributed by atoms with Crippen LogP contribution in [0.5, 0.6) is 0 Å². The van der Waals surface area contributed by atoms with Gasteiger partial charge >= 0.3 is 5.97 Å². The highest BCUT2D eigenvalue weighted by Crippen LogP contribution is 2.13. The molecule has 1 atom stereocenters. The first-order chi connectivity index (χ1) is 6.57. The van der Waals surface area contributed by atoms with Crippen molar-refractivity contribution in [3.8, 4) is 0 Å². The van der Waals surface area contributed by atoms with Crippen LogP contribution in [0.4, 0.5) is 0 Å². The zero-order valence-electron chi connectivity index (χ0n) is 8.19. The summed E-state index contributed by atoms with van der Waals surface area (Å²) in [6.07, 6.45) is 4.98. The molecule has 0 radical (unpaired) electrons. The molecule has 0 aliphatic heterocycles. The molecule has 0 saturated heterocycles. The van der Waals surface area contributed by atoms with E-state index in [1.165, 1.54) is 18.2 Å². The van der Waals surface area contributed by atoms with E-state index in [0.717, 1.165) is 0 Å². The van der Waals surface area contributed by atoms with Crippen molar-refractivity contribution in [3.05, 3.63) is 36.5 Å². The summed E-state index contributed by atoms with van der Waals surface area (Å²) < 4.78 is 12.9. The number of carboxylic acids is 1. The molecule has 1 aliphatic carbocycles. The highest BCUT2D eigenvalue weighted by atomic mass is 16.5. The van der Waals surface area contributed by atoms with E-state index >= 15 is 0 Å². The van der Waals surface area contributed by atoms with E-state index in [0.29, 0.717) is 0 Å². The van der Waals surface area contributed by atoms with Crippen molar-refractivity contribution in [2.75, 3.05) is 6.61 Å². The summed E-state index contributed by atoms with van der Waals surface area (Å²) in [6.45, 7) is 3.76. The quantitative estimate of drug-likeness (QED) is 0.669. The minimum absolute atomic E-state index is 0.204. The molecule has 0 spiro atoms. The molecule has 3 nitrogen and oxygen atoms in total. The fraction of sp³-hybridized carbons (Fsp3) is 0.300. The van der Waals surface area contributed by atoms with E-state index in [9.17, 15) is 4.79 Å². The number of aliphatic carboxylic acids is 1. The fourth-order valence-electron chi connectivity index (χ4n) is 0.961. The Morgan fingerprint density at radius 1 is 2.00 bits per heavy atom. The van der Waals surface area contributed by atoms with Gasteiger partial charge in [-0.05, 0) is 12.5 Å². The lowest BCUT2D eigenvalue weighted by atomic mass is 10.1. The van der Waals surface area contributed by atoms with E-state index in [2.05, 4.69) is 6.58 Å². The number of hydrogen-bond acceptors (Lipinski definition) is 2. The van der Waals surface area contributed by atoms with Crippen molar-refractivity contribution < 1.29 is 16.0 Å². The van der Waals surface area contributed by atoms with Crippen molar-refractivity contribution in [2.45, 2.75) is 12.5 Å². The molecule has 0 saturated carbocycles. The average molecular weight is 181 g/mol. The maximum absolute atomic E-state index is 10.5. The highest BCUT2D eigenvalue weighted by Gasteiger charge is 2.11. The molecule has 0 heterocycles. The lowest BCUT2D eigenvalue weighted by Gasteiger charge is -2.14. The molecule has 1 aliphatic rings. The Bertz CT molecular complexity index is 306. The van der Waals surface area contributed by atoms with Crippen LogP contribution in [0.1, 0.15) is 7.79 Å². The molecule has 3 heteroatoms. The van der Waals surface area contributed by atoms with Gasteiger partial charge in [0.25, 0.3) is 0 Å². The maximum atomic E-state index is 10.5. The normalized spacial score (nSPS) is 27.7. The van der Waals surface area contributed by atoms with Gasteiger partial charge in [-0.3, -0.25) is 0 Å². The van der Waals surface area contributed by atoms with Crippen molar-refractivity contribution >= 4 is 5.97 Å². The second-order valence-electron chi connectivity index (χ2n) is 2.57. The van der Waals surface area contributed by atoms with Gasteiger partial charge in [0.15, 0.2) is 0 Å². The van der Waals surface area contributed by atoms with Crippen LogP contribution < -0.4 is 0 Å². The first-order valence-electron chi connectivity index (χ1n) is 4.45. The molecule has 1 rings (SSSR count). The van der Waals surface area contributed by atoms with Crippen molar-refractivity contribution in [3.63, 3.8) is 0 Å². The van der Waals surface area contributed by atoms with Gasteiger partial charge in [0.2, 0.25) is 0 Å². The number of rotatable bonds is 4. The van der Waals surface area contributed by atoms with Crippen LogP contribution in [0.25, 0.3) is 0 Å². The number of hydrogen-bond donors (Lipinski definition) is 1. The molecule has 0 amide bonds. The lowest BCUT2D eigenvalue weighted by molar-refractivity contribution is -0.132. The van der Waals surface area contributed by atoms with Gasteiger partial charge < -0.3 is 9.84 Å². The number of ether oxygens (including phenoxy) is 1. The predicted molar refractivity (Wildman–Crippen MR) is 49.4 cm³/mol. The molecule has 0 aromatic carbocycles. The standard InChI is InChI=1S/C10H12O3/c1-2-7-13-9-5-3-8(4-6-9)10(11)12/h2-5,9H,1,6-7H2,(H,11,12)/i9D. The third-order valence-electron chi connectivity index (χ3n) is 1.61. The largest absolute Gasteiger partial charge is 0.478 e. The van der Waals surface area contributed by atoms with Gasteiger partial charge in [0.05, 0.1) is 19.6 Å². The first-order valence-corrected chi connectivity index (χ1v) is 3.95. The summed E-state index contributed by atoms with van der Waals surface area (Å²) >= 11 is 0. The predicted octanol–water partition coefficient (Wildman–Crippen LogP) is 1.53. The molecule has 0 fully saturated rings. The maximum Gasteiger partial charge on any atom is 0.335 e. The molecular weight excluding hydrogens is 168 g/mol. The molecular formula is C10H12O3. The summed E-state index contributed by atoms with van der Waals surface area (Å²) in [6, 6.07) is 0. The minimum atomic E-state index is -1.15. The van der Waals surface area contributed by atoms with Gasteiger partial charge in [-0.1, -0.05) is 18.2 Å². The third-order valence-corrected chi connectivity index (χ3v) is 1.61. The van der Waals surface area contributed by atoms with Crippen molar-refractivity contribution in [2.24, 2.45) is 0 Å². The van der Waals surface area contributed by atoms with Crippen LogP contribution in [0, 0.1) is 0 Å². The second-order valence-corrected chi connectivity index (χ2v) is 2.57. The van der Waals surface area contributed by atoms with Crippen molar-refractivity contribution in [1.29, 1.82) is 0 Å². The van der Waals surface area contributed by atoms with E-state index in [1.807, 2.05) is 0 Å². The highest BCUT2D eigenvalue weighted by molar-refractivity contribution is 5.90. The zero-order valence-corrected chi connectivity index (χ0v) is 7.19. The minimum Gasteiger partial charge on any atom is -0.478 e. The number of carboxylic acid groups (broad SMARTS) is 1. The summed E-state index contributed by atoms with van der Waals surface area (Å²) in [4.78, 5) is 10.5. The molecule has 13 heavy (non-hydrogen) atoms. The molecule has 1 unspecified atom stereocenters. The summed E-state index contributed by atoms with van der Waals surface area (Å²) in [5.41, 5.74) is 0.204. The zero-order chi connectivity index (χ0) is 10.6. The SMILES string of the molecule is [2H]C1(OCC=C)C=CC(C(=O)O)=CC1. The van der Waals surface area contributed by atoms with E-state index in [1.54, 1.807) is 6.08 Å². The van der Waals surface area contributed by atoms with Crippen LogP contribution in [-0.4, -0.2) is 23.8 Å². The fourth-order valence-corrected chi connectivity index (χ4v) is 0.961.